The van der Waals surface area contributed by atoms with E-state index in [2.05, 4.69) is 29.6 Å². The first-order valence-electron chi connectivity index (χ1n) is 7.09. The van der Waals surface area contributed by atoms with Crippen LogP contribution in [-0.2, 0) is 4.74 Å². The quantitative estimate of drug-likeness (QED) is 0.825. The minimum atomic E-state index is -0.897. The highest BCUT2D eigenvalue weighted by Gasteiger charge is 2.40. The van der Waals surface area contributed by atoms with Gasteiger partial charge in [-0.25, -0.2) is 4.79 Å². The van der Waals surface area contributed by atoms with Gasteiger partial charge in [0.15, 0.2) is 0 Å². The first kappa shape index (κ1) is 13.4. The van der Waals surface area contributed by atoms with Crippen LogP contribution in [0.15, 0.2) is 30.3 Å². The van der Waals surface area contributed by atoms with Crippen molar-refractivity contribution in [3.63, 3.8) is 0 Å². The summed E-state index contributed by atoms with van der Waals surface area (Å²) >= 11 is 0. The Morgan fingerprint density at radius 3 is 2.70 bits per heavy atom. The molecule has 1 spiro atoms. The summed E-state index contributed by atoms with van der Waals surface area (Å²) < 4.78 is 5.85. The zero-order valence-corrected chi connectivity index (χ0v) is 11.4. The molecule has 2 saturated heterocycles. The van der Waals surface area contributed by atoms with Crippen LogP contribution < -0.4 is 5.32 Å². The summed E-state index contributed by atoms with van der Waals surface area (Å²) in [5.41, 5.74) is 1.13. The Hall–Kier alpha value is -1.59. The lowest BCUT2D eigenvalue weighted by Gasteiger charge is -2.45. The smallest absolute Gasteiger partial charge is 0.409 e. The van der Waals surface area contributed by atoms with Crippen molar-refractivity contribution >= 4 is 6.09 Å². The molecule has 0 aromatic heterocycles. The molecule has 0 bridgehead atoms. The zero-order valence-electron chi connectivity index (χ0n) is 11.4. The Morgan fingerprint density at radius 2 is 2.15 bits per heavy atom. The molecule has 0 aliphatic carbocycles. The molecule has 5 nitrogen and oxygen atoms in total. The van der Waals surface area contributed by atoms with E-state index in [1.807, 2.05) is 6.07 Å². The monoisotopic (exact) mass is 276 g/mol. The van der Waals surface area contributed by atoms with Gasteiger partial charge in [-0.15, -0.1) is 0 Å². The molecule has 1 aromatic rings. The third-order valence-electron chi connectivity index (χ3n) is 4.40. The Labute approximate surface area is 118 Å². The molecule has 2 aliphatic heterocycles. The van der Waals surface area contributed by atoms with Gasteiger partial charge in [0.1, 0.15) is 6.73 Å². The Kier molecular flexibility index (Phi) is 3.63. The van der Waals surface area contributed by atoms with E-state index in [1.165, 1.54) is 10.5 Å². The first-order valence-corrected chi connectivity index (χ1v) is 7.09. The van der Waals surface area contributed by atoms with Gasteiger partial charge in [0, 0.05) is 19.1 Å². The highest BCUT2D eigenvalue weighted by Crippen LogP contribution is 2.34. The van der Waals surface area contributed by atoms with Gasteiger partial charge in [-0.05, 0) is 24.8 Å². The highest BCUT2D eigenvalue weighted by molar-refractivity contribution is 5.64. The van der Waals surface area contributed by atoms with Crippen LogP contribution >= 0.6 is 0 Å². The third kappa shape index (κ3) is 2.64. The van der Waals surface area contributed by atoms with Crippen molar-refractivity contribution in [2.24, 2.45) is 0 Å². The molecule has 5 heteroatoms. The maximum absolute atomic E-state index is 10.9. The second-order valence-electron chi connectivity index (χ2n) is 5.64. The average molecular weight is 276 g/mol. The number of nitrogens with one attached hydrogen (secondary N) is 1. The van der Waals surface area contributed by atoms with Gasteiger partial charge in [-0.2, -0.15) is 0 Å². The second kappa shape index (κ2) is 5.42. The predicted octanol–water partition coefficient (Wildman–Crippen LogP) is 2.21. The van der Waals surface area contributed by atoms with Crippen LogP contribution in [-0.4, -0.2) is 41.5 Å². The van der Waals surface area contributed by atoms with Crippen LogP contribution in [0.25, 0.3) is 0 Å². The fraction of sp³-hybridized carbons (Fsp3) is 0.533. The molecule has 2 heterocycles. The largest absolute Gasteiger partial charge is 0.465 e. The summed E-state index contributed by atoms with van der Waals surface area (Å²) in [5, 5.41) is 12.5. The van der Waals surface area contributed by atoms with E-state index < -0.39 is 6.09 Å². The lowest BCUT2D eigenvalue weighted by atomic mass is 9.84. The summed E-state index contributed by atoms with van der Waals surface area (Å²) in [5.74, 6) is 0. The lowest BCUT2D eigenvalue weighted by molar-refractivity contribution is -0.140. The second-order valence-corrected chi connectivity index (χ2v) is 5.64. The number of carbonyl (C=O) groups is 1. The average Bonchev–Trinajstić information content (AvgIpc) is 2.49. The maximum Gasteiger partial charge on any atom is 0.409 e. The number of amides is 1. The topological polar surface area (TPSA) is 61.8 Å². The van der Waals surface area contributed by atoms with Crippen LogP contribution in [0.5, 0.6) is 0 Å². The van der Waals surface area contributed by atoms with E-state index >= 15 is 0 Å². The molecule has 1 amide bonds. The van der Waals surface area contributed by atoms with Crippen LogP contribution in [0.2, 0.25) is 0 Å². The Morgan fingerprint density at radius 1 is 1.35 bits per heavy atom. The van der Waals surface area contributed by atoms with E-state index in [0.717, 1.165) is 25.8 Å². The fourth-order valence-corrected chi connectivity index (χ4v) is 3.05. The van der Waals surface area contributed by atoms with Crippen molar-refractivity contribution in [3.05, 3.63) is 35.9 Å². The van der Waals surface area contributed by atoms with Gasteiger partial charge >= 0.3 is 6.09 Å². The van der Waals surface area contributed by atoms with E-state index in [4.69, 9.17) is 9.84 Å². The number of carboxylic acid groups (broad SMARTS) is 1. The van der Waals surface area contributed by atoms with E-state index in [0.29, 0.717) is 12.6 Å². The highest BCUT2D eigenvalue weighted by atomic mass is 16.5. The van der Waals surface area contributed by atoms with Gasteiger partial charge in [0.2, 0.25) is 0 Å². The number of hydrogen-bond donors (Lipinski definition) is 2. The minimum absolute atomic E-state index is 0.183. The van der Waals surface area contributed by atoms with Gasteiger partial charge in [0.05, 0.1) is 5.60 Å². The summed E-state index contributed by atoms with van der Waals surface area (Å²) in [7, 11) is 0. The van der Waals surface area contributed by atoms with Gasteiger partial charge < -0.3 is 15.2 Å². The SMILES string of the molecule is O=C(O)N1CCC2(CCC(c3ccccc3)NC2)OC1. The van der Waals surface area contributed by atoms with Crippen molar-refractivity contribution in [2.45, 2.75) is 30.9 Å². The number of rotatable bonds is 1. The summed E-state index contributed by atoms with van der Waals surface area (Å²) in [4.78, 5) is 12.2. The van der Waals surface area contributed by atoms with Gasteiger partial charge in [0.25, 0.3) is 0 Å². The third-order valence-corrected chi connectivity index (χ3v) is 4.40. The van der Waals surface area contributed by atoms with Crippen LogP contribution in [0.1, 0.15) is 30.9 Å². The summed E-state index contributed by atoms with van der Waals surface area (Å²) in [6.07, 6.45) is 1.88. The molecule has 2 aliphatic rings. The number of piperidine rings is 1. The minimum Gasteiger partial charge on any atom is -0.465 e. The molecular formula is C15H20N2O3. The molecule has 0 radical (unpaired) electrons. The number of benzene rings is 1. The number of hydrogen-bond acceptors (Lipinski definition) is 3. The Bertz CT molecular complexity index is 459. The number of nitrogens with zero attached hydrogens (tertiary/aromatic N) is 1. The lowest BCUT2D eigenvalue weighted by Crippen LogP contribution is -2.55. The summed E-state index contributed by atoms with van der Waals surface area (Å²) in [6, 6.07) is 10.8. The van der Waals surface area contributed by atoms with Crippen molar-refractivity contribution in [1.82, 2.24) is 10.2 Å². The molecule has 0 saturated carbocycles. The van der Waals surface area contributed by atoms with E-state index in [-0.39, 0.29) is 12.3 Å². The van der Waals surface area contributed by atoms with Crippen molar-refractivity contribution in [3.8, 4) is 0 Å². The number of ether oxygens (including phenoxy) is 1. The van der Waals surface area contributed by atoms with Crippen molar-refractivity contribution in [2.75, 3.05) is 19.8 Å². The molecule has 108 valence electrons. The molecule has 2 unspecified atom stereocenters. The molecule has 20 heavy (non-hydrogen) atoms. The molecule has 2 atom stereocenters. The summed E-state index contributed by atoms with van der Waals surface area (Å²) in [6.45, 7) is 1.54. The Balaban J connectivity index is 1.58. The maximum atomic E-state index is 10.9. The standard InChI is InChI=1S/C15H20N2O3/c18-14(19)17-9-8-15(20-11-17)7-6-13(16-10-15)12-4-2-1-3-5-12/h1-5,13,16H,6-11H2,(H,18,19). The molecular weight excluding hydrogens is 256 g/mol. The molecule has 2 fully saturated rings. The molecule has 2 N–H and O–H groups in total. The van der Waals surface area contributed by atoms with Crippen molar-refractivity contribution in [1.29, 1.82) is 0 Å². The van der Waals surface area contributed by atoms with E-state index in [9.17, 15) is 4.79 Å². The molecule has 1 aromatic carbocycles. The van der Waals surface area contributed by atoms with Gasteiger partial charge in [-0.1, -0.05) is 30.3 Å². The van der Waals surface area contributed by atoms with E-state index in [1.54, 1.807) is 0 Å². The van der Waals surface area contributed by atoms with Crippen LogP contribution in [0.4, 0.5) is 4.79 Å². The zero-order chi connectivity index (χ0) is 14.0. The predicted molar refractivity (Wildman–Crippen MR) is 74.5 cm³/mol. The van der Waals surface area contributed by atoms with Crippen LogP contribution in [0.3, 0.4) is 0 Å². The molecule has 3 rings (SSSR count). The first-order chi connectivity index (χ1) is 9.69. The van der Waals surface area contributed by atoms with Gasteiger partial charge in [-0.3, -0.25) is 4.90 Å². The van der Waals surface area contributed by atoms with Crippen molar-refractivity contribution < 1.29 is 14.6 Å². The normalized spacial score (nSPS) is 30.4. The fourth-order valence-electron chi connectivity index (χ4n) is 3.05. The van der Waals surface area contributed by atoms with Crippen LogP contribution in [0, 0.1) is 0 Å².